The normalized spacial score (nSPS) is 16.2. The smallest absolute Gasteiger partial charge is 0.321 e. The second-order valence-electron chi connectivity index (χ2n) is 7.81. The van der Waals surface area contributed by atoms with Gasteiger partial charge in [0.1, 0.15) is 6.61 Å². The monoisotopic (exact) mass is 410 g/mol. The molecule has 1 aromatic heterocycles. The first kappa shape index (κ1) is 21.8. The number of pyridine rings is 1. The Morgan fingerprint density at radius 3 is 2.87 bits per heavy atom. The van der Waals surface area contributed by atoms with Crippen LogP contribution in [0.1, 0.15) is 29.5 Å². The zero-order valence-electron chi connectivity index (χ0n) is 17.9. The van der Waals surface area contributed by atoms with Gasteiger partial charge >= 0.3 is 6.03 Å². The number of hydrogen-bond donors (Lipinski definition) is 1. The Morgan fingerprint density at radius 2 is 2.13 bits per heavy atom. The molecular formula is C23H30N4O3. The summed E-state index contributed by atoms with van der Waals surface area (Å²) < 4.78 is 5.09. The quantitative estimate of drug-likeness (QED) is 0.792. The van der Waals surface area contributed by atoms with Gasteiger partial charge < -0.3 is 19.9 Å². The maximum Gasteiger partial charge on any atom is 0.321 e. The van der Waals surface area contributed by atoms with E-state index in [1.807, 2.05) is 49.1 Å². The highest BCUT2D eigenvalue weighted by atomic mass is 16.5. The number of urea groups is 1. The highest BCUT2D eigenvalue weighted by Gasteiger charge is 2.31. The molecule has 1 aromatic carbocycles. The molecule has 0 radical (unpaired) electrons. The number of amides is 3. The number of hydrogen-bond acceptors (Lipinski definition) is 4. The van der Waals surface area contributed by atoms with Gasteiger partial charge in [0.15, 0.2) is 0 Å². The summed E-state index contributed by atoms with van der Waals surface area (Å²) >= 11 is 0. The van der Waals surface area contributed by atoms with Crippen molar-refractivity contribution in [2.45, 2.75) is 39.3 Å². The maximum atomic E-state index is 12.9. The van der Waals surface area contributed by atoms with Crippen molar-refractivity contribution in [3.05, 3.63) is 59.4 Å². The van der Waals surface area contributed by atoms with Gasteiger partial charge in [0.05, 0.1) is 0 Å². The van der Waals surface area contributed by atoms with Gasteiger partial charge in [0, 0.05) is 50.9 Å². The fourth-order valence-electron chi connectivity index (χ4n) is 3.77. The van der Waals surface area contributed by atoms with E-state index in [-0.39, 0.29) is 24.6 Å². The van der Waals surface area contributed by atoms with Gasteiger partial charge in [-0.3, -0.25) is 9.78 Å². The van der Waals surface area contributed by atoms with Crippen molar-refractivity contribution in [3.8, 4) is 0 Å². The molecule has 7 nitrogen and oxygen atoms in total. The number of carbonyl (C=O) groups is 2. The van der Waals surface area contributed by atoms with E-state index in [0.717, 1.165) is 35.2 Å². The Morgan fingerprint density at radius 1 is 1.30 bits per heavy atom. The lowest BCUT2D eigenvalue weighted by molar-refractivity contribution is -0.139. The molecule has 1 aliphatic rings. The van der Waals surface area contributed by atoms with Gasteiger partial charge in [0.25, 0.3) is 0 Å². The molecule has 1 N–H and O–H groups in total. The van der Waals surface area contributed by atoms with E-state index >= 15 is 0 Å². The molecule has 0 spiro atoms. The number of likely N-dealkylation sites (tertiary alicyclic amines) is 1. The summed E-state index contributed by atoms with van der Waals surface area (Å²) in [5.74, 6) is -0.0804. The molecule has 1 aliphatic heterocycles. The molecule has 3 amide bonds. The van der Waals surface area contributed by atoms with Crippen LogP contribution in [0.15, 0.2) is 42.7 Å². The van der Waals surface area contributed by atoms with Gasteiger partial charge in [-0.25, -0.2) is 4.79 Å². The van der Waals surface area contributed by atoms with Crippen LogP contribution in [0.25, 0.3) is 0 Å². The van der Waals surface area contributed by atoms with Crippen LogP contribution in [0.3, 0.4) is 0 Å². The van der Waals surface area contributed by atoms with Gasteiger partial charge in [-0.15, -0.1) is 0 Å². The van der Waals surface area contributed by atoms with Gasteiger partial charge in [-0.2, -0.15) is 0 Å². The number of nitrogens with zero attached hydrogens (tertiary/aromatic N) is 3. The molecule has 0 aliphatic carbocycles. The zero-order valence-corrected chi connectivity index (χ0v) is 17.9. The Hall–Kier alpha value is -2.93. The molecule has 160 valence electrons. The minimum atomic E-state index is -0.131. The van der Waals surface area contributed by atoms with Gasteiger partial charge in [-0.1, -0.05) is 18.2 Å². The average Bonchev–Trinajstić information content (AvgIpc) is 2.75. The van der Waals surface area contributed by atoms with E-state index in [2.05, 4.69) is 10.3 Å². The zero-order chi connectivity index (χ0) is 21.5. The molecule has 1 saturated heterocycles. The third kappa shape index (κ3) is 5.57. The molecule has 0 bridgehead atoms. The largest absolute Gasteiger partial charge is 0.375 e. The molecule has 1 atom stereocenters. The minimum absolute atomic E-state index is 0.0193. The summed E-state index contributed by atoms with van der Waals surface area (Å²) in [6.07, 6.45) is 5.17. The number of anilines is 1. The highest BCUT2D eigenvalue weighted by Crippen LogP contribution is 2.21. The fourth-order valence-corrected chi connectivity index (χ4v) is 3.77. The van der Waals surface area contributed by atoms with Crippen LogP contribution in [-0.4, -0.2) is 59.6 Å². The van der Waals surface area contributed by atoms with Crippen molar-refractivity contribution in [3.63, 3.8) is 0 Å². The summed E-state index contributed by atoms with van der Waals surface area (Å²) in [4.78, 5) is 33.5. The molecule has 0 saturated carbocycles. The Balaban J connectivity index is 1.71. The number of rotatable bonds is 6. The van der Waals surface area contributed by atoms with Crippen LogP contribution in [0.2, 0.25) is 0 Å². The van der Waals surface area contributed by atoms with Crippen LogP contribution in [0.4, 0.5) is 10.5 Å². The summed E-state index contributed by atoms with van der Waals surface area (Å²) in [5, 5.41) is 3.03. The number of ether oxygens (including phenoxy) is 1. The number of piperidine rings is 1. The molecule has 7 heteroatoms. The van der Waals surface area contributed by atoms with E-state index in [1.54, 1.807) is 17.3 Å². The van der Waals surface area contributed by atoms with Gasteiger partial charge in [-0.05, 0) is 55.5 Å². The Labute approximate surface area is 178 Å². The van der Waals surface area contributed by atoms with Crippen molar-refractivity contribution in [2.75, 3.05) is 32.1 Å². The number of methoxy groups -OCH3 is 1. The summed E-state index contributed by atoms with van der Waals surface area (Å²) in [6, 6.07) is 9.63. The standard InChI is InChI=1S/C23H30N4O3/c1-17-8-9-18(2)21(12-17)25-23(29)26-11-5-7-20(15-26)27(22(28)16-30-3)14-19-6-4-10-24-13-19/h4,6,8-10,12-13,20H,5,7,11,14-16H2,1-3H3,(H,25,29). The summed E-state index contributed by atoms with van der Waals surface area (Å²) in [5.41, 5.74) is 3.90. The van der Waals surface area contributed by atoms with Crippen LogP contribution >= 0.6 is 0 Å². The SMILES string of the molecule is COCC(=O)N(Cc1cccnc1)C1CCCN(C(=O)Nc2cc(C)ccc2C)C1. The Bertz CT molecular complexity index is 872. The second-order valence-corrected chi connectivity index (χ2v) is 7.81. The van der Waals surface area contributed by atoms with Gasteiger partial charge in [0.2, 0.25) is 5.91 Å². The number of carbonyl (C=O) groups excluding carboxylic acids is 2. The first-order valence-electron chi connectivity index (χ1n) is 10.3. The predicted octanol–water partition coefficient (Wildman–Crippen LogP) is 3.37. The second kappa shape index (κ2) is 10.2. The van der Waals surface area contributed by atoms with E-state index < -0.39 is 0 Å². The van der Waals surface area contributed by atoms with E-state index in [0.29, 0.717) is 19.6 Å². The molecular weight excluding hydrogens is 380 g/mol. The van der Waals surface area contributed by atoms with Crippen LogP contribution < -0.4 is 5.32 Å². The molecule has 2 heterocycles. The highest BCUT2D eigenvalue weighted by molar-refractivity contribution is 5.90. The van der Waals surface area contributed by atoms with Crippen molar-refractivity contribution in [1.82, 2.24) is 14.8 Å². The number of benzene rings is 1. The number of aryl methyl sites for hydroxylation is 2. The first-order valence-corrected chi connectivity index (χ1v) is 10.3. The number of nitrogens with one attached hydrogen (secondary N) is 1. The summed E-state index contributed by atoms with van der Waals surface area (Å²) in [7, 11) is 1.52. The maximum absolute atomic E-state index is 12.9. The van der Waals surface area contributed by atoms with Crippen molar-refractivity contribution in [2.24, 2.45) is 0 Å². The lowest BCUT2D eigenvalue weighted by atomic mass is 10.0. The van der Waals surface area contributed by atoms with E-state index in [4.69, 9.17) is 4.74 Å². The van der Waals surface area contributed by atoms with Crippen molar-refractivity contribution >= 4 is 17.6 Å². The average molecular weight is 411 g/mol. The fraction of sp³-hybridized carbons (Fsp3) is 0.435. The molecule has 3 rings (SSSR count). The topological polar surface area (TPSA) is 74.8 Å². The molecule has 2 aromatic rings. The minimum Gasteiger partial charge on any atom is -0.375 e. The molecule has 30 heavy (non-hydrogen) atoms. The third-order valence-electron chi connectivity index (χ3n) is 5.42. The lowest BCUT2D eigenvalue weighted by Crippen LogP contribution is -2.53. The first-order chi connectivity index (χ1) is 14.5. The van der Waals surface area contributed by atoms with E-state index in [1.165, 1.54) is 7.11 Å². The van der Waals surface area contributed by atoms with Crippen molar-refractivity contribution < 1.29 is 14.3 Å². The lowest BCUT2D eigenvalue weighted by Gasteiger charge is -2.39. The van der Waals surface area contributed by atoms with Crippen LogP contribution in [-0.2, 0) is 16.1 Å². The van der Waals surface area contributed by atoms with Crippen molar-refractivity contribution in [1.29, 1.82) is 0 Å². The van der Waals surface area contributed by atoms with E-state index in [9.17, 15) is 9.59 Å². The third-order valence-corrected chi connectivity index (χ3v) is 5.42. The van der Waals surface area contributed by atoms with Crippen LogP contribution in [0, 0.1) is 13.8 Å². The molecule has 1 fully saturated rings. The number of aromatic nitrogens is 1. The van der Waals surface area contributed by atoms with Crippen LogP contribution in [0.5, 0.6) is 0 Å². The molecule has 1 unspecified atom stereocenters. The predicted molar refractivity (Wildman–Crippen MR) is 116 cm³/mol. The Kier molecular flexibility index (Phi) is 7.41. The summed E-state index contributed by atoms with van der Waals surface area (Å²) in [6.45, 7) is 5.62.